The summed E-state index contributed by atoms with van der Waals surface area (Å²) in [5, 5.41) is 7.28. The third kappa shape index (κ3) is 1.65. The lowest BCUT2D eigenvalue weighted by atomic mass is 9.88. The van der Waals surface area contributed by atoms with E-state index in [2.05, 4.69) is 40.3 Å². The fourth-order valence-corrected chi connectivity index (χ4v) is 2.98. The van der Waals surface area contributed by atoms with Crippen molar-refractivity contribution in [2.75, 3.05) is 0 Å². The predicted molar refractivity (Wildman–Crippen MR) is 77.1 cm³/mol. The molecule has 1 aliphatic heterocycles. The summed E-state index contributed by atoms with van der Waals surface area (Å²) in [6.45, 7) is 2.08. The summed E-state index contributed by atoms with van der Waals surface area (Å²) in [6.07, 6.45) is 7.11. The van der Waals surface area contributed by atoms with E-state index in [1.165, 1.54) is 39.2 Å². The van der Waals surface area contributed by atoms with E-state index in [0.717, 1.165) is 19.3 Å². The van der Waals surface area contributed by atoms with Gasteiger partial charge < -0.3 is 0 Å². The Morgan fingerprint density at radius 2 is 2.05 bits per heavy atom. The Balaban J connectivity index is 1.77. The van der Waals surface area contributed by atoms with Crippen LogP contribution in [0.5, 0.6) is 0 Å². The maximum absolute atomic E-state index is 4.37. The van der Waals surface area contributed by atoms with Gasteiger partial charge in [-0.2, -0.15) is 5.10 Å². The van der Waals surface area contributed by atoms with Crippen LogP contribution in [-0.2, 0) is 12.8 Å². The van der Waals surface area contributed by atoms with Crippen LogP contribution in [0, 0.1) is 0 Å². The van der Waals surface area contributed by atoms with Gasteiger partial charge in [-0.05, 0) is 42.0 Å². The van der Waals surface area contributed by atoms with Gasteiger partial charge in [-0.25, -0.2) is 0 Å². The molecule has 0 radical (unpaired) electrons. The molecule has 0 fully saturated rings. The first kappa shape index (κ1) is 10.7. The zero-order chi connectivity index (χ0) is 12.8. The minimum Gasteiger partial charge on any atom is -0.278 e. The lowest BCUT2D eigenvalue weighted by molar-refractivity contribution is 0.941. The lowest BCUT2D eigenvalue weighted by Crippen LogP contribution is -2.03. The Morgan fingerprint density at radius 1 is 1.16 bits per heavy atom. The number of aryl methyl sites for hydroxylation is 2. The van der Waals surface area contributed by atoms with E-state index in [0.29, 0.717) is 0 Å². The van der Waals surface area contributed by atoms with Crippen LogP contribution in [-0.4, -0.2) is 15.9 Å². The van der Waals surface area contributed by atoms with Crippen molar-refractivity contribution in [1.82, 2.24) is 10.2 Å². The number of rotatable bonds is 1. The molecule has 1 aromatic carbocycles. The Morgan fingerprint density at radius 3 is 2.89 bits per heavy atom. The Labute approximate surface area is 112 Å². The summed E-state index contributed by atoms with van der Waals surface area (Å²) in [4.78, 5) is 4.37. The predicted octanol–water partition coefficient (Wildman–Crippen LogP) is 3.38. The zero-order valence-electron chi connectivity index (χ0n) is 10.9. The molecule has 2 aromatic rings. The van der Waals surface area contributed by atoms with E-state index in [4.69, 9.17) is 0 Å². The van der Waals surface area contributed by atoms with E-state index >= 15 is 0 Å². The molecule has 2 aliphatic rings. The quantitative estimate of drug-likeness (QED) is 0.827. The van der Waals surface area contributed by atoms with Gasteiger partial charge in [0, 0.05) is 23.9 Å². The van der Waals surface area contributed by atoms with Gasteiger partial charge >= 0.3 is 0 Å². The topological polar surface area (TPSA) is 41.0 Å². The number of nitrogens with one attached hydrogen (secondary N) is 1. The van der Waals surface area contributed by atoms with Crippen LogP contribution in [0.1, 0.15) is 30.0 Å². The minimum atomic E-state index is 0.980. The highest BCUT2D eigenvalue weighted by Crippen LogP contribution is 2.34. The fraction of sp³-hybridized carbons (Fsp3) is 0.250. The second-order valence-corrected chi connectivity index (χ2v) is 5.34. The normalized spacial score (nSPS) is 16.7. The maximum atomic E-state index is 4.37. The van der Waals surface area contributed by atoms with Gasteiger partial charge in [0.25, 0.3) is 0 Å². The van der Waals surface area contributed by atoms with Crippen LogP contribution < -0.4 is 0 Å². The van der Waals surface area contributed by atoms with E-state index in [9.17, 15) is 0 Å². The van der Waals surface area contributed by atoms with Crippen LogP contribution in [0.3, 0.4) is 0 Å². The molecule has 0 saturated carbocycles. The minimum absolute atomic E-state index is 0.980. The molecule has 94 valence electrons. The van der Waals surface area contributed by atoms with Crippen molar-refractivity contribution < 1.29 is 0 Å². The largest absolute Gasteiger partial charge is 0.278 e. The molecular formula is C16H15N3. The number of H-pyrrole nitrogens is 1. The van der Waals surface area contributed by atoms with E-state index < -0.39 is 0 Å². The molecule has 2 heterocycles. The van der Waals surface area contributed by atoms with Crippen LogP contribution in [0.2, 0.25) is 0 Å². The number of hydrogen-bond donors (Lipinski definition) is 1. The van der Waals surface area contributed by atoms with E-state index in [1.807, 2.05) is 12.4 Å². The molecule has 19 heavy (non-hydrogen) atoms. The number of aromatic amines is 1. The molecule has 0 spiro atoms. The van der Waals surface area contributed by atoms with Crippen LogP contribution in [0.4, 0.5) is 0 Å². The number of allylic oxidation sites excluding steroid dienone is 1. The second kappa shape index (κ2) is 3.92. The van der Waals surface area contributed by atoms with Gasteiger partial charge in [-0.3, -0.25) is 10.1 Å². The van der Waals surface area contributed by atoms with Gasteiger partial charge in [0.1, 0.15) is 0 Å². The highest BCUT2D eigenvalue weighted by molar-refractivity contribution is 5.97. The molecule has 4 rings (SSSR count). The average molecular weight is 249 g/mol. The summed E-state index contributed by atoms with van der Waals surface area (Å²) >= 11 is 0. The number of hydrogen-bond acceptors (Lipinski definition) is 2. The molecular weight excluding hydrogens is 234 g/mol. The Kier molecular flexibility index (Phi) is 2.21. The standard InChI is InChI=1S/C16H15N3/c1-10-6-14(8-17-10)11-4-5-15-12(7-11)2-3-13-9-18-19-16(13)15/h4-5,7-9H,2-3,6H2,1H3,(H,18,19). The lowest BCUT2D eigenvalue weighted by Gasteiger charge is -2.17. The molecule has 1 aromatic heterocycles. The monoisotopic (exact) mass is 249 g/mol. The van der Waals surface area contributed by atoms with Gasteiger partial charge in [0.2, 0.25) is 0 Å². The van der Waals surface area contributed by atoms with Gasteiger partial charge in [-0.1, -0.05) is 18.2 Å². The van der Waals surface area contributed by atoms with Gasteiger partial charge in [0.05, 0.1) is 11.9 Å². The van der Waals surface area contributed by atoms with Crippen LogP contribution in [0.25, 0.3) is 16.8 Å². The van der Waals surface area contributed by atoms with Crippen molar-refractivity contribution >= 4 is 11.3 Å². The maximum Gasteiger partial charge on any atom is 0.0685 e. The molecule has 3 nitrogen and oxygen atoms in total. The fourth-order valence-electron chi connectivity index (χ4n) is 2.98. The first-order valence-corrected chi connectivity index (χ1v) is 6.69. The number of benzene rings is 1. The number of aromatic nitrogens is 2. The number of nitrogens with zero attached hydrogens (tertiary/aromatic N) is 2. The highest BCUT2D eigenvalue weighted by atomic mass is 15.1. The van der Waals surface area contributed by atoms with Crippen molar-refractivity contribution in [2.45, 2.75) is 26.2 Å². The molecule has 1 N–H and O–H groups in total. The Bertz CT molecular complexity index is 719. The number of aliphatic imine (C=N–C) groups is 1. The summed E-state index contributed by atoms with van der Waals surface area (Å²) in [5.41, 5.74) is 9.08. The van der Waals surface area contributed by atoms with Crippen LogP contribution >= 0.6 is 0 Å². The van der Waals surface area contributed by atoms with Crippen molar-refractivity contribution in [3.8, 4) is 11.3 Å². The number of fused-ring (bicyclic) bond motifs is 3. The molecule has 0 bridgehead atoms. The molecule has 0 saturated heterocycles. The summed E-state index contributed by atoms with van der Waals surface area (Å²) in [6, 6.07) is 6.74. The van der Waals surface area contributed by atoms with Crippen molar-refractivity contribution in [3.63, 3.8) is 0 Å². The Hall–Kier alpha value is -2.16. The van der Waals surface area contributed by atoms with Crippen molar-refractivity contribution in [1.29, 1.82) is 0 Å². The third-order valence-corrected chi connectivity index (χ3v) is 4.01. The van der Waals surface area contributed by atoms with Crippen molar-refractivity contribution in [2.24, 2.45) is 4.99 Å². The second-order valence-electron chi connectivity index (χ2n) is 5.34. The average Bonchev–Trinajstić information content (AvgIpc) is 3.06. The summed E-state index contributed by atoms with van der Waals surface area (Å²) in [5.74, 6) is 0. The van der Waals surface area contributed by atoms with Crippen molar-refractivity contribution in [3.05, 3.63) is 47.3 Å². The molecule has 3 heteroatoms. The van der Waals surface area contributed by atoms with E-state index in [-0.39, 0.29) is 0 Å². The van der Waals surface area contributed by atoms with Crippen LogP contribution in [0.15, 0.2) is 35.6 Å². The molecule has 1 aliphatic carbocycles. The summed E-state index contributed by atoms with van der Waals surface area (Å²) < 4.78 is 0. The first-order chi connectivity index (χ1) is 9.31. The highest BCUT2D eigenvalue weighted by Gasteiger charge is 2.19. The first-order valence-electron chi connectivity index (χ1n) is 6.69. The molecule has 0 atom stereocenters. The molecule has 0 unspecified atom stereocenters. The molecule has 0 amide bonds. The SMILES string of the molecule is CC1=NC=C(c2ccc3c(c2)CCc2cn[nH]c2-3)C1. The van der Waals surface area contributed by atoms with E-state index in [1.54, 1.807) is 0 Å². The smallest absolute Gasteiger partial charge is 0.0685 e. The third-order valence-electron chi connectivity index (χ3n) is 4.01. The zero-order valence-corrected chi connectivity index (χ0v) is 10.9. The van der Waals surface area contributed by atoms with Gasteiger partial charge in [0.15, 0.2) is 0 Å². The van der Waals surface area contributed by atoms with Gasteiger partial charge in [-0.15, -0.1) is 0 Å². The summed E-state index contributed by atoms with van der Waals surface area (Å²) in [7, 11) is 0.